The predicted molar refractivity (Wildman–Crippen MR) is 97.3 cm³/mol. The molecule has 0 saturated carbocycles. The van der Waals surface area contributed by atoms with Crippen molar-refractivity contribution in [3.8, 4) is 6.07 Å². The van der Waals surface area contributed by atoms with Gasteiger partial charge in [0.1, 0.15) is 29.8 Å². The van der Waals surface area contributed by atoms with E-state index in [1.165, 1.54) is 18.5 Å². The van der Waals surface area contributed by atoms with Crippen LogP contribution in [0.5, 0.6) is 0 Å². The molecule has 1 aromatic carbocycles. The van der Waals surface area contributed by atoms with Gasteiger partial charge in [0.2, 0.25) is 0 Å². The van der Waals surface area contributed by atoms with Gasteiger partial charge in [-0.3, -0.25) is 0 Å². The van der Waals surface area contributed by atoms with Crippen LogP contribution in [0.3, 0.4) is 0 Å². The molecular formula is C19H17FN6. The fourth-order valence-electron chi connectivity index (χ4n) is 3.23. The van der Waals surface area contributed by atoms with Crippen LogP contribution in [0.4, 0.5) is 16.0 Å². The Bertz CT molecular complexity index is 958. The van der Waals surface area contributed by atoms with Gasteiger partial charge in [-0.05, 0) is 43.2 Å². The number of pyridine rings is 1. The van der Waals surface area contributed by atoms with Crippen LogP contribution in [0.1, 0.15) is 18.4 Å². The highest BCUT2D eigenvalue weighted by molar-refractivity contribution is 5.88. The number of halogens is 1. The Morgan fingerprint density at radius 3 is 2.69 bits per heavy atom. The monoisotopic (exact) mass is 348 g/mol. The van der Waals surface area contributed by atoms with Crippen molar-refractivity contribution in [3.63, 3.8) is 0 Å². The minimum atomic E-state index is -0.294. The third kappa shape index (κ3) is 3.26. The molecule has 0 radical (unpaired) electrons. The summed E-state index contributed by atoms with van der Waals surface area (Å²) in [5.41, 5.74) is 1.29. The average molecular weight is 348 g/mol. The molecule has 1 saturated heterocycles. The van der Waals surface area contributed by atoms with Gasteiger partial charge in [0.05, 0.1) is 11.1 Å². The zero-order chi connectivity index (χ0) is 17.9. The largest absolute Gasteiger partial charge is 0.367 e. The summed E-state index contributed by atoms with van der Waals surface area (Å²) in [7, 11) is 0. The van der Waals surface area contributed by atoms with Crippen molar-refractivity contribution in [2.75, 3.05) is 23.3 Å². The number of benzene rings is 1. The first kappa shape index (κ1) is 16.2. The standard InChI is InChI=1S/C19H17FN6/c20-14-2-3-17-16(9-14)19(24-12-23-17)25-15-5-7-26(8-6-15)18-4-1-13(10-21)11-22-18/h1-4,9,11-12,15H,5-8H2,(H,23,24,25). The van der Waals surface area contributed by atoms with Crippen LogP contribution in [0.2, 0.25) is 0 Å². The number of nitrogens with zero attached hydrogens (tertiary/aromatic N) is 5. The summed E-state index contributed by atoms with van der Waals surface area (Å²) in [6.45, 7) is 1.71. The number of hydrogen-bond acceptors (Lipinski definition) is 6. The maximum atomic E-state index is 13.6. The van der Waals surface area contributed by atoms with E-state index in [9.17, 15) is 4.39 Å². The highest BCUT2D eigenvalue weighted by Crippen LogP contribution is 2.24. The Balaban J connectivity index is 1.44. The molecule has 1 aliphatic heterocycles. The van der Waals surface area contributed by atoms with Crippen molar-refractivity contribution < 1.29 is 4.39 Å². The predicted octanol–water partition coefficient (Wildman–Crippen LogP) is 3.12. The zero-order valence-corrected chi connectivity index (χ0v) is 14.1. The number of nitrogens with one attached hydrogen (secondary N) is 1. The van der Waals surface area contributed by atoms with Crippen LogP contribution < -0.4 is 10.2 Å². The second-order valence-corrected chi connectivity index (χ2v) is 6.31. The molecule has 0 unspecified atom stereocenters. The molecule has 3 aromatic rings. The van der Waals surface area contributed by atoms with Gasteiger partial charge in [0.25, 0.3) is 0 Å². The summed E-state index contributed by atoms with van der Waals surface area (Å²) in [5.74, 6) is 1.26. The molecule has 0 spiro atoms. The number of nitriles is 1. The van der Waals surface area contributed by atoms with Gasteiger partial charge in [-0.1, -0.05) is 0 Å². The lowest BCUT2D eigenvalue weighted by molar-refractivity contribution is 0.522. The van der Waals surface area contributed by atoms with Crippen molar-refractivity contribution in [1.29, 1.82) is 5.26 Å². The fourth-order valence-corrected chi connectivity index (χ4v) is 3.23. The number of hydrogen-bond donors (Lipinski definition) is 1. The molecule has 7 heteroatoms. The van der Waals surface area contributed by atoms with Gasteiger partial charge in [0.15, 0.2) is 0 Å². The van der Waals surface area contributed by atoms with Gasteiger partial charge >= 0.3 is 0 Å². The van der Waals surface area contributed by atoms with Crippen LogP contribution in [-0.4, -0.2) is 34.1 Å². The van der Waals surface area contributed by atoms with Crippen LogP contribution in [0.15, 0.2) is 42.9 Å². The topological polar surface area (TPSA) is 77.7 Å². The third-order valence-electron chi connectivity index (χ3n) is 4.63. The molecule has 3 heterocycles. The first-order chi connectivity index (χ1) is 12.7. The van der Waals surface area contributed by atoms with Crippen molar-refractivity contribution in [2.24, 2.45) is 0 Å². The summed E-state index contributed by atoms with van der Waals surface area (Å²) in [4.78, 5) is 15.0. The van der Waals surface area contributed by atoms with E-state index in [1.807, 2.05) is 6.07 Å². The van der Waals surface area contributed by atoms with Crippen LogP contribution in [0, 0.1) is 17.1 Å². The Kier molecular flexibility index (Phi) is 4.32. The van der Waals surface area contributed by atoms with Gasteiger partial charge < -0.3 is 10.2 Å². The summed E-state index contributed by atoms with van der Waals surface area (Å²) in [6.07, 6.45) is 4.94. The summed E-state index contributed by atoms with van der Waals surface area (Å²) < 4.78 is 13.6. The number of rotatable bonds is 3. The van der Waals surface area contributed by atoms with Crippen molar-refractivity contribution in [2.45, 2.75) is 18.9 Å². The molecule has 2 aromatic heterocycles. The summed E-state index contributed by atoms with van der Waals surface area (Å²) in [5, 5.41) is 13.0. The lowest BCUT2D eigenvalue weighted by atomic mass is 10.0. The van der Waals surface area contributed by atoms with Gasteiger partial charge in [-0.2, -0.15) is 5.26 Å². The molecule has 130 valence electrons. The molecule has 0 bridgehead atoms. The molecule has 0 amide bonds. The molecule has 6 nitrogen and oxygen atoms in total. The molecule has 0 atom stereocenters. The average Bonchev–Trinajstić information content (AvgIpc) is 2.69. The van der Waals surface area contributed by atoms with Crippen molar-refractivity contribution >= 4 is 22.5 Å². The van der Waals surface area contributed by atoms with E-state index in [2.05, 4.69) is 31.2 Å². The Hall–Kier alpha value is -3.27. The van der Waals surface area contributed by atoms with E-state index in [0.29, 0.717) is 16.8 Å². The first-order valence-electron chi connectivity index (χ1n) is 8.51. The smallest absolute Gasteiger partial charge is 0.137 e. The normalized spacial score (nSPS) is 15.0. The maximum absolute atomic E-state index is 13.6. The zero-order valence-electron chi connectivity index (χ0n) is 14.1. The van der Waals surface area contributed by atoms with Crippen molar-refractivity contribution in [3.05, 3.63) is 54.2 Å². The molecule has 0 aliphatic carbocycles. The van der Waals surface area contributed by atoms with Crippen LogP contribution in [-0.2, 0) is 0 Å². The van der Waals surface area contributed by atoms with Gasteiger partial charge in [0, 0.05) is 30.7 Å². The summed E-state index contributed by atoms with van der Waals surface area (Å²) >= 11 is 0. The van der Waals surface area contributed by atoms with Gasteiger partial charge in [-0.15, -0.1) is 0 Å². The Morgan fingerprint density at radius 2 is 1.96 bits per heavy atom. The lowest BCUT2D eigenvalue weighted by Crippen LogP contribution is -2.39. The lowest BCUT2D eigenvalue weighted by Gasteiger charge is -2.33. The Labute approximate surface area is 150 Å². The highest BCUT2D eigenvalue weighted by atomic mass is 19.1. The molecule has 26 heavy (non-hydrogen) atoms. The molecule has 4 rings (SSSR count). The van der Waals surface area contributed by atoms with Gasteiger partial charge in [-0.25, -0.2) is 19.3 Å². The minimum Gasteiger partial charge on any atom is -0.367 e. The second kappa shape index (κ2) is 6.92. The maximum Gasteiger partial charge on any atom is 0.137 e. The van der Waals surface area contributed by atoms with E-state index < -0.39 is 0 Å². The quantitative estimate of drug-likeness (QED) is 0.784. The van der Waals surface area contributed by atoms with Crippen molar-refractivity contribution in [1.82, 2.24) is 15.0 Å². The first-order valence-corrected chi connectivity index (χ1v) is 8.51. The van der Waals surface area contributed by atoms with E-state index in [1.54, 1.807) is 18.3 Å². The number of fused-ring (bicyclic) bond motifs is 1. The minimum absolute atomic E-state index is 0.256. The number of anilines is 2. The molecule has 1 fully saturated rings. The third-order valence-corrected chi connectivity index (χ3v) is 4.63. The van der Waals surface area contributed by atoms with E-state index in [0.717, 1.165) is 37.3 Å². The SMILES string of the molecule is N#Cc1ccc(N2CCC(Nc3ncnc4ccc(F)cc34)CC2)nc1. The van der Waals surface area contributed by atoms with E-state index in [4.69, 9.17) is 5.26 Å². The Morgan fingerprint density at radius 1 is 1.12 bits per heavy atom. The number of piperidine rings is 1. The van der Waals surface area contributed by atoms with Crippen LogP contribution >= 0.6 is 0 Å². The van der Waals surface area contributed by atoms with E-state index in [-0.39, 0.29) is 11.9 Å². The second-order valence-electron chi connectivity index (χ2n) is 6.31. The number of aromatic nitrogens is 3. The van der Waals surface area contributed by atoms with Crippen LogP contribution in [0.25, 0.3) is 10.9 Å². The highest BCUT2D eigenvalue weighted by Gasteiger charge is 2.21. The molecule has 1 aliphatic rings. The summed E-state index contributed by atoms with van der Waals surface area (Å²) in [6, 6.07) is 10.5. The molecular weight excluding hydrogens is 331 g/mol. The van der Waals surface area contributed by atoms with E-state index >= 15 is 0 Å². The fraction of sp³-hybridized carbons (Fsp3) is 0.263. The molecule has 1 N–H and O–H groups in total.